The van der Waals surface area contributed by atoms with E-state index in [0.29, 0.717) is 6.54 Å². The number of carbonyl (C=O) groups excluding carboxylic acids is 7. The van der Waals surface area contributed by atoms with Crippen LogP contribution >= 0.6 is 34.8 Å². The van der Waals surface area contributed by atoms with E-state index in [1.807, 2.05) is 30.3 Å². The third-order valence-corrected chi connectivity index (χ3v) is 5.42. The van der Waals surface area contributed by atoms with Crippen LogP contribution in [0.15, 0.2) is 77.4 Å². The Balaban J connectivity index is -0.000000633. The average Bonchev–Trinajstić information content (AvgIpc) is 3.12. The van der Waals surface area contributed by atoms with Gasteiger partial charge in [-0.05, 0) is 12.5 Å². The molecule has 0 saturated carbocycles. The fourth-order valence-corrected chi connectivity index (χ4v) is 2.59. The molecule has 0 fully saturated rings. The Kier molecular flexibility index (Phi) is 29.6. The van der Waals surface area contributed by atoms with Crippen molar-refractivity contribution in [3.8, 4) is 0 Å². The van der Waals surface area contributed by atoms with Crippen molar-refractivity contribution in [2.75, 3.05) is 47.3 Å². The number of aliphatic hydroxyl groups is 4. The van der Waals surface area contributed by atoms with Crippen molar-refractivity contribution in [1.82, 2.24) is 5.32 Å². The highest BCUT2D eigenvalue weighted by Gasteiger charge is 2.28. The first kappa shape index (κ1) is 51.5. The fourth-order valence-electron chi connectivity index (χ4n) is 2.43. The highest BCUT2D eigenvalue weighted by molar-refractivity contribution is 6.77. The van der Waals surface area contributed by atoms with Gasteiger partial charge in [0.05, 0.1) is 47.3 Å². The fraction of sp³-hybridized carbons (Fsp3) is 0.323. The van der Waals surface area contributed by atoms with Gasteiger partial charge < -0.3 is 57.2 Å². The summed E-state index contributed by atoms with van der Waals surface area (Å²) < 4.78 is 10.7. The SMILES string of the molecule is CCOC(=O)C(=O)C=C(N)CO.COC(=O)C(=O)C=C(CO)NCc1ccccc1.COC(=O)C(=O)C=C(N)CO.NC(=CC(=O)C(Cl)(Cl)Cl)CO. The summed E-state index contributed by atoms with van der Waals surface area (Å²) in [6.07, 6.45) is 3.59. The first-order valence-electron chi connectivity index (χ1n) is 14.1. The molecule has 0 radical (unpaired) electrons. The van der Waals surface area contributed by atoms with Gasteiger partial charge in [-0.25, -0.2) is 14.4 Å². The van der Waals surface area contributed by atoms with Gasteiger partial charge in [0.1, 0.15) is 0 Å². The molecule has 0 aliphatic carbocycles. The van der Waals surface area contributed by atoms with Gasteiger partial charge in [0, 0.05) is 53.6 Å². The zero-order valence-electron chi connectivity index (χ0n) is 28.2. The number of allylic oxidation sites excluding steroid dienone is 1. The quantitative estimate of drug-likeness (QED) is 0.0335. The van der Waals surface area contributed by atoms with Crippen LogP contribution in [-0.2, 0) is 54.3 Å². The molecule has 52 heavy (non-hydrogen) atoms. The van der Waals surface area contributed by atoms with Gasteiger partial charge in [-0.1, -0.05) is 65.1 Å². The van der Waals surface area contributed by atoms with Gasteiger partial charge in [-0.3, -0.25) is 19.2 Å². The van der Waals surface area contributed by atoms with E-state index in [0.717, 1.165) is 44.1 Å². The van der Waals surface area contributed by atoms with Gasteiger partial charge in [-0.15, -0.1) is 0 Å². The predicted molar refractivity (Wildman–Crippen MR) is 188 cm³/mol. The summed E-state index contributed by atoms with van der Waals surface area (Å²) in [5, 5.41) is 37.1. The van der Waals surface area contributed by atoms with E-state index in [1.165, 1.54) is 0 Å². The molecule has 0 aromatic heterocycles. The number of ether oxygens (including phenoxy) is 3. The van der Waals surface area contributed by atoms with Crippen LogP contribution in [0.3, 0.4) is 0 Å². The monoisotopic (exact) mass is 798 g/mol. The summed E-state index contributed by atoms with van der Waals surface area (Å²) in [5.74, 6) is -6.23. The van der Waals surface area contributed by atoms with Crippen LogP contribution in [0.25, 0.3) is 0 Å². The molecule has 0 aliphatic heterocycles. The molecule has 0 heterocycles. The minimum atomic E-state index is -2.00. The number of aliphatic hydroxyl groups excluding tert-OH is 4. The Morgan fingerprint density at radius 3 is 1.44 bits per heavy atom. The van der Waals surface area contributed by atoms with Crippen molar-refractivity contribution >= 4 is 75.8 Å². The largest absolute Gasteiger partial charge is 0.463 e. The molecule has 0 atom stereocenters. The number of hydrogen-bond acceptors (Lipinski definition) is 18. The number of carbonyl (C=O) groups is 7. The van der Waals surface area contributed by atoms with Crippen molar-refractivity contribution < 1.29 is 68.2 Å². The summed E-state index contributed by atoms with van der Waals surface area (Å²) in [5.41, 5.74) is 16.3. The molecule has 0 bridgehead atoms. The molecular weight excluding hydrogens is 759 g/mol. The maximum absolute atomic E-state index is 11.3. The predicted octanol–water partition coefficient (Wildman–Crippen LogP) is -1.33. The second kappa shape index (κ2) is 29.9. The van der Waals surface area contributed by atoms with Gasteiger partial charge in [0.2, 0.25) is 5.78 Å². The van der Waals surface area contributed by atoms with E-state index < -0.39 is 64.7 Å². The van der Waals surface area contributed by atoms with E-state index in [1.54, 1.807) is 6.92 Å². The van der Waals surface area contributed by atoms with Crippen LogP contribution < -0.4 is 22.5 Å². The van der Waals surface area contributed by atoms with Crippen LogP contribution in [0.2, 0.25) is 0 Å². The lowest BCUT2D eigenvalue weighted by Gasteiger charge is -2.08. The number of methoxy groups -OCH3 is 2. The van der Waals surface area contributed by atoms with Crippen molar-refractivity contribution in [3.05, 3.63) is 83.0 Å². The number of esters is 3. The Hall–Kier alpha value is -4.82. The summed E-state index contributed by atoms with van der Waals surface area (Å²) in [6, 6.07) is 9.49. The second-order valence-corrected chi connectivity index (χ2v) is 11.2. The molecule has 1 aromatic rings. The van der Waals surface area contributed by atoms with Crippen LogP contribution in [-0.4, -0.2) is 113 Å². The van der Waals surface area contributed by atoms with E-state index in [9.17, 15) is 33.6 Å². The second-order valence-electron chi connectivity index (χ2n) is 8.96. The van der Waals surface area contributed by atoms with Gasteiger partial charge >= 0.3 is 17.9 Å². The van der Waals surface area contributed by atoms with E-state index in [4.69, 9.17) is 72.4 Å². The molecule has 18 nitrogen and oxygen atoms in total. The van der Waals surface area contributed by atoms with Crippen molar-refractivity contribution in [2.24, 2.45) is 17.2 Å². The molecule has 0 unspecified atom stereocenters. The minimum absolute atomic E-state index is 0.0404. The molecule has 0 aliphatic rings. The number of nitrogens with one attached hydrogen (secondary N) is 1. The Bertz CT molecular complexity index is 1460. The lowest BCUT2D eigenvalue weighted by Crippen LogP contribution is -2.20. The maximum atomic E-state index is 11.3. The van der Waals surface area contributed by atoms with Gasteiger partial charge in [-0.2, -0.15) is 0 Å². The Labute approximate surface area is 313 Å². The molecule has 0 amide bonds. The van der Waals surface area contributed by atoms with Crippen molar-refractivity contribution in [2.45, 2.75) is 17.3 Å². The number of ketones is 4. The smallest absolute Gasteiger partial charge is 0.379 e. The molecule has 1 aromatic carbocycles. The maximum Gasteiger partial charge on any atom is 0.379 e. The molecule has 290 valence electrons. The first-order chi connectivity index (χ1) is 24.3. The van der Waals surface area contributed by atoms with Crippen molar-refractivity contribution in [1.29, 1.82) is 0 Å². The zero-order chi connectivity index (χ0) is 40.9. The summed E-state index contributed by atoms with van der Waals surface area (Å²) in [4.78, 5) is 75.3. The highest BCUT2D eigenvalue weighted by Crippen LogP contribution is 2.27. The lowest BCUT2D eigenvalue weighted by atomic mass is 10.2. The molecule has 21 heteroatoms. The van der Waals surface area contributed by atoms with E-state index in [-0.39, 0.29) is 36.0 Å². The van der Waals surface area contributed by atoms with Gasteiger partial charge in [0.15, 0.2) is 0 Å². The molecule has 11 N–H and O–H groups in total. The molecule has 0 saturated heterocycles. The third-order valence-electron chi connectivity index (χ3n) is 4.86. The minimum Gasteiger partial charge on any atom is -0.463 e. The topological polar surface area (TPSA) is 318 Å². The van der Waals surface area contributed by atoms with E-state index in [2.05, 4.69) is 19.5 Å². The van der Waals surface area contributed by atoms with E-state index >= 15 is 0 Å². The van der Waals surface area contributed by atoms with Crippen molar-refractivity contribution in [3.63, 3.8) is 0 Å². The number of halogens is 3. The molecule has 1 rings (SSSR count). The first-order valence-corrected chi connectivity index (χ1v) is 15.3. The van der Waals surface area contributed by atoms with Gasteiger partial charge in [0.25, 0.3) is 21.1 Å². The Morgan fingerprint density at radius 2 is 1.08 bits per heavy atom. The number of hydrogen-bond donors (Lipinski definition) is 8. The molecule has 0 spiro atoms. The number of benzene rings is 1. The highest BCUT2D eigenvalue weighted by atomic mass is 35.6. The Morgan fingerprint density at radius 1 is 0.673 bits per heavy atom. The summed E-state index contributed by atoms with van der Waals surface area (Å²) in [6.45, 7) is 0.485. The summed E-state index contributed by atoms with van der Waals surface area (Å²) in [7, 11) is 2.22. The number of nitrogens with two attached hydrogens (primary N) is 3. The normalized spacial score (nSPS) is 11.4. The van der Waals surface area contributed by atoms with Crippen LogP contribution in [0.5, 0.6) is 0 Å². The van der Waals surface area contributed by atoms with Crippen LogP contribution in [0.1, 0.15) is 12.5 Å². The number of alkyl halides is 3. The van der Waals surface area contributed by atoms with Crippen LogP contribution in [0.4, 0.5) is 0 Å². The summed E-state index contributed by atoms with van der Waals surface area (Å²) >= 11 is 15.6. The number of rotatable bonds is 15. The standard InChI is InChI=1S/C13H15NO4.C7H11NO4.C6H9NO4.C5H6Cl3NO2/c1-18-13(17)12(16)7-11(9-15)14-8-10-5-3-2-4-6-10;1-2-12-7(11)6(10)3-5(8)4-9;1-11-6(10)5(9)2-4(7)3-8;6-5(7,8)4(11)1-3(9)2-10/h2-7,14-15H,8-9H2,1H3;3,9H,2,4,8H2,1H3;2,8H,3,7H2,1H3;1,10H,2,9H2. The van der Waals surface area contributed by atoms with Crippen LogP contribution in [0, 0.1) is 0 Å². The lowest BCUT2D eigenvalue weighted by molar-refractivity contribution is -0.151. The molecular formula is C31H41Cl3N4O14. The zero-order valence-corrected chi connectivity index (χ0v) is 30.4. The third kappa shape index (κ3) is 27.0. The average molecular weight is 800 g/mol.